The van der Waals surface area contributed by atoms with Crippen LogP contribution in [0.4, 0.5) is 5.88 Å². The summed E-state index contributed by atoms with van der Waals surface area (Å²) in [5.41, 5.74) is 0. The zero-order chi connectivity index (χ0) is 10.8. The molecule has 14 heavy (non-hydrogen) atoms. The summed E-state index contributed by atoms with van der Waals surface area (Å²) >= 11 is 0. The molecule has 1 heterocycles. The Balaban J connectivity index is 2.65. The highest BCUT2D eigenvalue weighted by atomic mass is 35.7. The van der Waals surface area contributed by atoms with Crippen molar-refractivity contribution in [1.29, 1.82) is 0 Å². The molecule has 0 saturated carbocycles. The van der Waals surface area contributed by atoms with Gasteiger partial charge in [-0.1, -0.05) is 0 Å². The number of nitro groups is 1. The van der Waals surface area contributed by atoms with Gasteiger partial charge in [0.2, 0.25) is 9.05 Å². The van der Waals surface area contributed by atoms with E-state index in [1.165, 1.54) is 6.07 Å². The van der Waals surface area contributed by atoms with Gasteiger partial charge in [-0.3, -0.25) is 10.1 Å². The number of rotatable bonds is 4. The van der Waals surface area contributed by atoms with E-state index in [-0.39, 0.29) is 17.9 Å². The fourth-order valence-electron chi connectivity index (χ4n) is 0.822. The van der Waals surface area contributed by atoms with Gasteiger partial charge in [0.05, 0.1) is 11.8 Å². The van der Waals surface area contributed by atoms with Gasteiger partial charge in [0, 0.05) is 17.1 Å². The minimum absolute atomic E-state index is 0.0275. The Labute approximate surface area is 84.0 Å². The molecule has 6 nitrogen and oxygen atoms in total. The van der Waals surface area contributed by atoms with Gasteiger partial charge >= 0.3 is 5.88 Å². The van der Waals surface area contributed by atoms with Crippen molar-refractivity contribution >= 4 is 25.6 Å². The normalized spacial score (nSPS) is 11.5. The Morgan fingerprint density at radius 1 is 1.50 bits per heavy atom. The van der Waals surface area contributed by atoms with Crippen LogP contribution < -0.4 is 0 Å². The maximum absolute atomic E-state index is 10.5. The molecule has 0 aliphatic rings. The Morgan fingerprint density at radius 2 is 2.14 bits per heavy atom. The first kappa shape index (κ1) is 11.0. The van der Waals surface area contributed by atoms with Gasteiger partial charge in [-0.2, -0.15) is 0 Å². The molecular formula is C6H6ClNO5S. The van der Waals surface area contributed by atoms with Crippen LogP contribution in [-0.2, 0) is 15.5 Å². The molecule has 0 bridgehead atoms. The van der Waals surface area contributed by atoms with E-state index < -0.39 is 19.9 Å². The molecular weight excluding hydrogens is 234 g/mol. The first-order valence-electron chi connectivity index (χ1n) is 3.54. The third-order valence-electron chi connectivity index (χ3n) is 1.42. The predicted octanol–water partition coefficient (Wildman–Crippen LogP) is 1.30. The largest absolute Gasteiger partial charge is 0.433 e. The lowest BCUT2D eigenvalue weighted by Crippen LogP contribution is -1.99. The molecule has 1 rings (SSSR count). The highest BCUT2D eigenvalue weighted by Gasteiger charge is 2.13. The number of furan rings is 1. The average molecular weight is 240 g/mol. The smallest absolute Gasteiger partial charge is 0.406 e. The number of halogens is 1. The fourth-order valence-corrected chi connectivity index (χ4v) is 1.50. The lowest BCUT2D eigenvalue weighted by atomic mass is 10.4. The van der Waals surface area contributed by atoms with Crippen LogP contribution in [0.5, 0.6) is 0 Å². The molecule has 0 aromatic carbocycles. The van der Waals surface area contributed by atoms with Crippen LogP contribution in [-0.4, -0.2) is 19.1 Å². The monoisotopic (exact) mass is 239 g/mol. The van der Waals surface area contributed by atoms with Crippen LogP contribution in [0.1, 0.15) is 5.76 Å². The molecule has 1 aromatic heterocycles. The first-order chi connectivity index (χ1) is 6.38. The van der Waals surface area contributed by atoms with Crippen LogP contribution in [0, 0.1) is 10.1 Å². The van der Waals surface area contributed by atoms with Crippen molar-refractivity contribution in [2.45, 2.75) is 6.42 Å². The number of aryl methyl sites for hydroxylation is 1. The van der Waals surface area contributed by atoms with Crippen molar-refractivity contribution in [2.75, 3.05) is 5.75 Å². The van der Waals surface area contributed by atoms with Crippen molar-refractivity contribution in [3.63, 3.8) is 0 Å². The quantitative estimate of drug-likeness (QED) is 0.449. The average Bonchev–Trinajstić information content (AvgIpc) is 2.47. The molecule has 0 atom stereocenters. The van der Waals surface area contributed by atoms with E-state index in [2.05, 4.69) is 0 Å². The lowest BCUT2D eigenvalue weighted by Gasteiger charge is -1.91. The van der Waals surface area contributed by atoms with E-state index in [1.54, 1.807) is 0 Å². The number of hydrogen-bond acceptors (Lipinski definition) is 5. The maximum atomic E-state index is 10.5. The van der Waals surface area contributed by atoms with Crippen LogP contribution >= 0.6 is 10.7 Å². The zero-order valence-corrected chi connectivity index (χ0v) is 8.42. The Kier molecular flexibility index (Phi) is 3.12. The van der Waals surface area contributed by atoms with Crippen molar-refractivity contribution in [1.82, 2.24) is 0 Å². The number of hydrogen-bond donors (Lipinski definition) is 0. The van der Waals surface area contributed by atoms with Crippen LogP contribution in [0.25, 0.3) is 0 Å². The lowest BCUT2D eigenvalue weighted by molar-refractivity contribution is -0.402. The standard InChI is InChI=1S/C6H6ClNO5S/c7-14(11,12)4-3-5-1-2-6(13-5)8(9)10/h1-2H,3-4H2. The molecule has 0 unspecified atom stereocenters. The van der Waals surface area contributed by atoms with Gasteiger partial charge in [0.1, 0.15) is 10.7 Å². The Hall–Kier alpha value is -1.08. The van der Waals surface area contributed by atoms with Gasteiger partial charge in [-0.25, -0.2) is 8.42 Å². The first-order valence-corrected chi connectivity index (χ1v) is 6.02. The van der Waals surface area contributed by atoms with Gasteiger partial charge in [-0.05, 0) is 6.07 Å². The van der Waals surface area contributed by atoms with E-state index in [0.29, 0.717) is 0 Å². The third-order valence-corrected chi connectivity index (χ3v) is 2.57. The molecule has 78 valence electrons. The van der Waals surface area contributed by atoms with E-state index in [4.69, 9.17) is 15.1 Å². The van der Waals surface area contributed by atoms with Crippen LogP contribution in [0.2, 0.25) is 0 Å². The molecule has 0 fully saturated rings. The zero-order valence-electron chi connectivity index (χ0n) is 6.84. The summed E-state index contributed by atoms with van der Waals surface area (Å²) in [4.78, 5) is 9.49. The molecule has 0 aliphatic heterocycles. The van der Waals surface area contributed by atoms with Crippen molar-refractivity contribution in [2.24, 2.45) is 0 Å². The summed E-state index contributed by atoms with van der Waals surface area (Å²) < 4.78 is 25.8. The molecule has 0 saturated heterocycles. The summed E-state index contributed by atoms with van der Waals surface area (Å²) in [6.45, 7) is 0. The predicted molar refractivity (Wildman–Crippen MR) is 48.7 cm³/mol. The SMILES string of the molecule is O=[N+]([O-])c1ccc(CCS(=O)(=O)Cl)o1. The second kappa shape index (κ2) is 3.97. The molecule has 1 aromatic rings. The fraction of sp³-hybridized carbons (Fsp3) is 0.333. The molecule has 0 aliphatic carbocycles. The van der Waals surface area contributed by atoms with Crippen LogP contribution in [0.15, 0.2) is 16.5 Å². The Morgan fingerprint density at radius 3 is 2.57 bits per heavy atom. The maximum Gasteiger partial charge on any atom is 0.433 e. The molecule has 8 heteroatoms. The molecule has 0 N–H and O–H groups in total. The van der Waals surface area contributed by atoms with E-state index in [1.807, 2.05) is 0 Å². The topological polar surface area (TPSA) is 90.4 Å². The van der Waals surface area contributed by atoms with Crippen LogP contribution in [0.3, 0.4) is 0 Å². The van der Waals surface area contributed by atoms with Crippen molar-refractivity contribution in [3.05, 3.63) is 28.0 Å². The van der Waals surface area contributed by atoms with E-state index >= 15 is 0 Å². The number of nitrogens with zero attached hydrogens (tertiary/aromatic N) is 1. The summed E-state index contributed by atoms with van der Waals surface area (Å²) in [5, 5.41) is 10.2. The molecule has 0 amide bonds. The van der Waals surface area contributed by atoms with E-state index in [0.717, 1.165) is 6.07 Å². The van der Waals surface area contributed by atoms with E-state index in [9.17, 15) is 18.5 Å². The third kappa shape index (κ3) is 3.35. The highest BCUT2D eigenvalue weighted by molar-refractivity contribution is 8.13. The summed E-state index contributed by atoms with van der Waals surface area (Å²) in [5.74, 6) is -0.493. The minimum Gasteiger partial charge on any atom is -0.406 e. The summed E-state index contributed by atoms with van der Waals surface area (Å²) in [6.07, 6.45) is 0.0275. The second-order valence-corrected chi connectivity index (χ2v) is 5.39. The van der Waals surface area contributed by atoms with Gasteiger partial charge in [0.25, 0.3) is 0 Å². The highest BCUT2D eigenvalue weighted by Crippen LogP contribution is 2.16. The summed E-state index contributed by atoms with van der Waals surface area (Å²) in [6, 6.07) is 2.51. The molecule has 0 radical (unpaired) electrons. The molecule has 0 spiro atoms. The van der Waals surface area contributed by atoms with Gasteiger partial charge in [0.15, 0.2) is 0 Å². The van der Waals surface area contributed by atoms with Gasteiger partial charge < -0.3 is 4.42 Å². The van der Waals surface area contributed by atoms with Crippen molar-refractivity contribution < 1.29 is 17.8 Å². The van der Waals surface area contributed by atoms with Crippen molar-refractivity contribution in [3.8, 4) is 0 Å². The van der Waals surface area contributed by atoms with Gasteiger partial charge in [-0.15, -0.1) is 0 Å². The Bertz CT molecular complexity index is 437. The second-order valence-electron chi connectivity index (χ2n) is 2.49. The summed E-state index contributed by atoms with van der Waals surface area (Å²) in [7, 11) is 1.36. The minimum atomic E-state index is -3.59.